The quantitative estimate of drug-likeness (QED) is 0.272. The average molecular weight is 470 g/mol. The van der Waals surface area contributed by atoms with Crippen molar-refractivity contribution in [1.29, 1.82) is 0 Å². The number of hydrogen-bond donors (Lipinski definition) is 0. The third-order valence-corrected chi connectivity index (χ3v) is 6.45. The molecule has 0 saturated carbocycles. The molecule has 0 spiro atoms. The number of ether oxygens (including phenoxy) is 2. The molecule has 7 heteroatoms. The molecule has 0 bridgehead atoms. The summed E-state index contributed by atoms with van der Waals surface area (Å²) in [6.45, 7) is 18.9. The zero-order valence-electron chi connectivity index (χ0n) is 20.8. The molecule has 0 amide bonds. The van der Waals surface area contributed by atoms with Crippen LogP contribution in [-0.2, 0) is 27.9 Å². The maximum Gasteiger partial charge on any atom is 0.370 e. The molecule has 0 N–H and O–H groups in total. The fourth-order valence-electron chi connectivity index (χ4n) is 4.15. The van der Waals surface area contributed by atoms with Gasteiger partial charge in [0.25, 0.3) is 0 Å². The third-order valence-electron chi connectivity index (χ3n) is 5.83. The molecular weight excluding hydrogens is 434 g/mol. The van der Waals surface area contributed by atoms with Gasteiger partial charge in [-0.3, -0.25) is 9.67 Å². The predicted molar refractivity (Wildman–Crippen MR) is 137 cm³/mol. The van der Waals surface area contributed by atoms with Crippen LogP contribution < -0.4 is 0 Å². The van der Waals surface area contributed by atoms with Crippen LogP contribution in [0.1, 0.15) is 69.6 Å². The highest BCUT2D eigenvalue weighted by atomic mass is 32.2. The number of benzene rings is 1. The number of rotatable bonds is 7. The Morgan fingerprint density at radius 2 is 1.97 bits per heavy atom. The summed E-state index contributed by atoms with van der Waals surface area (Å²) in [7, 11) is 0. The van der Waals surface area contributed by atoms with Crippen molar-refractivity contribution in [3.05, 3.63) is 52.3 Å². The summed E-state index contributed by atoms with van der Waals surface area (Å²) < 4.78 is 13.8. The Bertz CT molecular complexity index is 1050. The lowest BCUT2D eigenvalue weighted by Gasteiger charge is -2.29. The number of carbonyl (C=O) groups excluding carboxylic acids is 1. The summed E-state index contributed by atoms with van der Waals surface area (Å²) in [5.74, 6) is 1.30. The van der Waals surface area contributed by atoms with Gasteiger partial charge >= 0.3 is 5.30 Å². The van der Waals surface area contributed by atoms with Gasteiger partial charge in [0.1, 0.15) is 5.69 Å². The van der Waals surface area contributed by atoms with E-state index in [1.807, 2.05) is 18.5 Å². The molecule has 2 atom stereocenters. The van der Waals surface area contributed by atoms with Crippen molar-refractivity contribution in [2.24, 2.45) is 4.99 Å². The number of aliphatic imine (C=N–C) groups is 1. The van der Waals surface area contributed by atoms with Crippen molar-refractivity contribution in [3.8, 4) is 0 Å². The van der Waals surface area contributed by atoms with Crippen LogP contribution in [0.5, 0.6) is 0 Å². The van der Waals surface area contributed by atoms with E-state index in [1.54, 1.807) is 6.92 Å². The smallest absolute Gasteiger partial charge is 0.370 e. The van der Waals surface area contributed by atoms with Crippen LogP contribution in [0.4, 0.5) is 4.79 Å². The minimum Gasteiger partial charge on any atom is -0.452 e. The Balaban J connectivity index is 2.16. The number of thioether (sulfide) groups is 1. The summed E-state index contributed by atoms with van der Waals surface area (Å²) in [4.78, 5) is 16.5. The summed E-state index contributed by atoms with van der Waals surface area (Å²) in [5.41, 5.74) is 6.25. The first-order valence-corrected chi connectivity index (χ1v) is 12.5. The SMILES string of the molecule is C=NC1Cc2c(C)nn(CC)c2C(OC(C)OC(=O)SCC)=C1c1ccc(C(C)(C)C)cc1. The van der Waals surface area contributed by atoms with Crippen molar-refractivity contribution >= 4 is 35.1 Å². The largest absolute Gasteiger partial charge is 0.452 e. The molecule has 0 aliphatic heterocycles. The highest BCUT2D eigenvalue weighted by Gasteiger charge is 2.35. The molecule has 0 radical (unpaired) electrons. The van der Waals surface area contributed by atoms with Crippen LogP contribution in [0.15, 0.2) is 29.3 Å². The molecule has 178 valence electrons. The first-order chi connectivity index (χ1) is 15.6. The second-order valence-corrected chi connectivity index (χ2v) is 10.4. The summed E-state index contributed by atoms with van der Waals surface area (Å²) in [6.07, 6.45) is -0.0550. The van der Waals surface area contributed by atoms with Gasteiger partial charge in [-0.1, -0.05) is 52.0 Å². The van der Waals surface area contributed by atoms with Gasteiger partial charge in [-0.05, 0) is 48.9 Å². The van der Waals surface area contributed by atoms with Gasteiger partial charge in [-0.15, -0.1) is 0 Å². The molecule has 1 aliphatic carbocycles. The third kappa shape index (κ3) is 5.35. The molecule has 1 aromatic carbocycles. The molecule has 2 aromatic rings. The van der Waals surface area contributed by atoms with Crippen molar-refractivity contribution < 1.29 is 14.3 Å². The number of fused-ring (bicyclic) bond motifs is 1. The zero-order valence-corrected chi connectivity index (χ0v) is 21.6. The van der Waals surface area contributed by atoms with Gasteiger partial charge < -0.3 is 9.47 Å². The van der Waals surface area contributed by atoms with Crippen molar-refractivity contribution in [3.63, 3.8) is 0 Å². The van der Waals surface area contributed by atoms with Gasteiger partial charge in [0, 0.05) is 36.8 Å². The number of carbonyl (C=O) groups is 1. The lowest BCUT2D eigenvalue weighted by atomic mass is 9.83. The van der Waals surface area contributed by atoms with Crippen LogP contribution in [0.25, 0.3) is 11.3 Å². The van der Waals surface area contributed by atoms with E-state index in [2.05, 4.69) is 63.7 Å². The average Bonchev–Trinajstić information content (AvgIpc) is 3.08. The lowest BCUT2D eigenvalue weighted by molar-refractivity contribution is -0.0258. The highest BCUT2D eigenvalue weighted by molar-refractivity contribution is 8.13. The van der Waals surface area contributed by atoms with Gasteiger partial charge in [-0.2, -0.15) is 5.10 Å². The fourth-order valence-corrected chi connectivity index (χ4v) is 4.59. The second kappa shape index (κ2) is 10.2. The Hall–Kier alpha value is -2.54. The van der Waals surface area contributed by atoms with Gasteiger partial charge in [0.05, 0.1) is 11.7 Å². The van der Waals surface area contributed by atoms with E-state index in [0.29, 0.717) is 24.5 Å². The fraction of sp³-hybridized carbons (Fsp3) is 0.500. The van der Waals surface area contributed by atoms with Gasteiger partial charge in [0.15, 0.2) is 5.76 Å². The molecule has 6 nitrogen and oxygen atoms in total. The van der Waals surface area contributed by atoms with Crippen molar-refractivity contribution in [1.82, 2.24) is 9.78 Å². The standard InChI is InChI=1S/C26H35N3O3S/c1-9-29-23-20(16(3)28-29)15-21(27-8)22(18-11-13-19(14-12-18)26(5,6)7)24(23)31-17(4)32-25(30)33-10-2/h11-14,17,21H,8-10,15H2,1-7H3. The monoisotopic (exact) mass is 469 g/mol. The molecule has 33 heavy (non-hydrogen) atoms. The van der Waals surface area contributed by atoms with Gasteiger partial charge in [-0.25, -0.2) is 4.79 Å². The topological polar surface area (TPSA) is 65.7 Å². The number of aryl methyl sites for hydroxylation is 2. The molecule has 1 heterocycles. The second-order valence-electron chi connectivity index (χ2n) is 9.19. The van der Waals surface area contributed by atoms with E-state index in [1.165, 1.54) is 5.56 Å². The molecule has 1 aromatic heterocycles. The number of nitrogens with zero attached hydrogens (tertiary/aromatic N) is 3. The zero-order chi connectivity index (χ0) is 24.3. The van der Waals surface area contributed by atoms with Crippen LogP contribution >= 0.6 is 11.8 Å². The van der Waals surface area contributed by atoms with Crippen LogP contribution in [0, 0.1) is 6.92 Å². The van der Waals surface area contributed by atoms with Crippen LogP contribution in [0.3, 0.4) is 0 Å². The van der Waals surface area contributed by atoms with E-state index >= 15 is 0 Å². The minimum atomic E-state index is -0.757. The van der Waals surface area contributed by atoms with Gasteiger partial charge in [0.2, 0.25) is 6.29 Å². The first-order valence-electron chi connectivity index (χ1n) is 11.5. The maximum atomic E-state index is 12.1. The molecule has 3 rings (SSSR count). The Kier molecular flexibility index (Phi) is 7.73. The summed E-state index contributed by atoms with van der Waals surface area (Å²) >= 11 is 1.12. The Labute approximate surface area is 201 Å². The van der Waals surface area contributed by atoms with Crippen LogP contribution in [-0.4, -0.2) is 39.9 Å². The van der Waals surface area contributed by atoms with Crippen molar-refractivity contribution in [2.45, 2.75) is 79.2 Å². The first kappa shape index (κ1) is 25.1. The molecule has 0 fully saturated rings. The van der Waals surface area contributed by atoms with E-state index in [0.717, 1.165) is 39.8 Å². The predicted octanol–water partition coefficient (Wildman–Crippen LogP) is 6.25. The lowest BCUT2D eigenvalue weighted by Crippen LogP contribution is -2.25. The van der Waals surface area contributed by atoms with E-state index in [4.69, 9.17) is 14.6 Å². The molecule has 1 aliphatic rings. The molecule has 2 unspecified atom stereocenters. The van der Waals surface area contributed by atoms with Crippen molar-refractivity contribution in [2.75, 3.05) is 5.75 Å². The Morgan fingerprint density at radius 1 is 1.30 bits per heavy atom. The molecule has 0 saturated heterocycles. The summed E-state index contributed by atoms with van der Waals surface area (Å²) in [6, 6.07) is 8.35. The van der Waals surface area contributed by atoms with E-state index in [-0.39, 0.29) is 16.8 Å². The van der Waals surface area contributed by atoms with E-state index in [9.17, 15) is 4.79 Å². The normalized spacial score (nSPS) is 16.9. The highest BCUT2D eigenvalue weighted by Crippen LogP contribution is 2.41. The molecular formula is C26H35N3O3S. The van der Waals surface area contributed by atoms with Crippen LogP contribution in [0.2, 0.25) is 0 Å². The number of aromatic nitrogens is 2. The number of hydrogen-bond acceptors (Lipinski definition) is 6. The summed E-state index contributed by atoms with van der Waals surface area (Å²) in [5, 5.41) is 4.38. The van der Waals surface area contributed by atoms with E-state index < -0.39 is 6.29 Å². The minimum absolute atomic E-state index is 0.0552. The Morgan fingerprint density at radius 3 is 2.52 bits per heavy atom. The maximum absolute atomic E-state index is 12.1.